The fraction of sp³-hybridized carbons (Fsp3) is 0.833. The molecular formula is C18H32N6O. The number of aromatic nitrogens is 3. The monoisotopic (exact) mass is 348 g/mol. The third kappa shape index (κ3) is 5.25. The van der Waals surface area contributed by atoms with Crippen LogP contribution in [-0.4, -0.2) is 68.7 Å². The third-order valence-electron chi connectivity index (χ3n) is 4.90. The van der Waals surface area contributed by atoms with E-state index in [1.54, 1.807) is 0 Å². The highest BCUT2D eigenvalue weighted by Crippen LogP contribution is 2.16. The lowest BCUT2D eigenvalue weighted by Crippen LogP contribution is -2.51. The molecule has 2 aliphatic rings. The summed E-state index contributed by atoms with van der Waals surface area (Å²) in [5, 5.41) is 11.9. The number of piperazine rings is 1. The molecule has 0 unspecified atom stereocenters. The lowest BCUT2D eigenvalue weighted by atomic mass is 10.1. The number of aryl methyl sites for hydroxylation is 1. The highest BCUT2D eigenvalue weighted by Gasteiger charge is 2.23. The summed E-state index contributed by atoms with van der Waals surface area (Å²) in [7, 11) is 0. The zero-order chi connectivity index (χ0) is 17.9. The van der Waals surface area contributed by atoms with E-state index in [1.807, 2.05) is 20.8 Å². The average Bonchev–Trinajstić information content (AvgIpc) is 2.76. The van der Waals surface area contributed by atoms with Crippen molar-refractivity contribution in [2.75, 3.05) is 32.7 Å². The van der Waals surface area contributed by atoms with Gasteiger partial charge in [-0.1, -0.05) is 6.42 Å². The second-order valence-corrected chi connectivity index (χ2v) is 8.35. The van der Waals surface area contributed by atoms with E-state index in [1.165, 1.54) is 19.3 Å². The Morgan fingerprint density at radius 1 is 1.00 bits per heavy atom. The molecule has 3 rings (SSSR count). The van der Waals surface area contributed by atoms with Crippen molar-refractivity contribution >= 4 is 5.91 Å². The van der Waals surface area contributed by atoms with E-state index in [0.717, 1.165) is 57.3 Å². The Bertz CT molecular complexity index is 583. The van der Waals surface area contributed by atoms with Gasteiger partial charge in [0.2, 0.25) is 5.91 Å². The molecule has 0 spiro atoms. The normalized spacial score (nSPS) is 20.1. The van der Waals surface area contributed by atoms with E-state index in [4.69, 9.17) is 0 Å². The van der Waals surface area contributed by atoms with Gasteiger partial charge >= 0.3 is 0 Å². The highest BCUT2D eigenvalue weighted by molar-refractivity contribution is 5.78. The topological polar surface area (TPSA) is 66.3 Å². The van der Waals surface area contributed by atoms with Gasteiger partial charge in [0.25, 0.3) is 0 Å². The van der Waals surface area contributed by atoms with Gasteiger partial charge in [-0.3, -0.25) is 14.6 Å². The van der Waals surface area contributed by atoms with Crippen LogP contribution in [0.4, 0.5) is 0 Å². The molecule has 0 aromatic carbocycles. The van der Waals surface area contributed by atoms with Crippen molar-refractivity contribution in [2.24, 2.45) is 0 Å². The van der Waals surface area contributed by atoms with Crippen LogP contribution in [0.1, 0.15) is 51.7 Å². The molecule has 1 saturated heterocycles. The summed E-state index contributed by atoms with van der Waals surface area (Å²) in [4.78, 5) is 16.7. The summed E-state index contributed by atoms with van der Waals surface area (Å²) >= 11 is 0. The van der Waals surface area contributed by atoms with Crippen LogP contribution in [-0.2, 0) is 24.3 Å². The highest BCUT2D eigenvalue weighted by atomic mass is 16.2. The van der Waals surface area contributed by atoms with E-state index in [0.29, 0.717) is 6.54 Å². The van der Waals surface area contributed by atoms with Gasteiger partial charge in [0, 0.05) is 44.7 Å². The van der Waals surface area contributed by atoms with Crippen LogP contribution in [0.3, 0.4) is 0 Å². The Hall–Kier alpha value is -1.47. The Morgan fingerprint density at radius 2 is 1.72 bits per heavy atom. The van der Waals surface area contributed by atoms with Crippen molar-refractivity contribution in [3.63, 3.8) is 0 Å². The first-order chi connectivity index (χ1) is 11.9. The second kappa shape index (κ2) is 7.83. The summed E-state index contributed by atoms with van der Waals surface area (Å²) in [6.45, 7) is 12.3. The number of hydrogen-bond donors (Lipinski definition) is 1. The van der Waals surface area contributed by atoms with Gasteiger partial charge in [-0.25, -0.2) is 0 Å². The number of carbonyl (C=O) groups is 1. The molecule has 0 radical (unpaired) electrons. The number of carbonyl (C=O) groups excluding carboxylic acids is 1. The van der Waals surface area contributed by atoms with Gasteiger partial charge in [-0.05, 0) is 33.6 Å². The Morgan fingerprint density at radius 3 is 2.44 bits per heavy atom. The summed E-state index contributed by atoms with van der Waals surface area (Å²) in [5.41, 5.74) is -0.162. The number of nitrogens with one attached hydrogen (secondary N) is 1. The van der Waals surface area contributed by atoms with Gasteiger partial charge in [0.1, 0.15) is 11.6 Å². The maximum absolute atomic E-state index is 12.1. The largest absolute Gasteiger partial charge is 0.350 e. The molecule has 0 atom stereocenters. The fourth-order valence-electron chi connectivity index (χ4n) is 3.63. The third-order valence-corrected chi connectivity index (χ3v) is 4.90. The minimum atomic E-state index is -0.162. The van der Waals surface area contributed by atoms with E-state index >= 15 is 0 Å². The van der Waals surface area contributed by atoms with E-state index < -0.39 is 0 Å². The summed E-state index contributed by atoms with van der Waals surface area (Å²) < 4.78 is 2.33. The van der Waals surface area contributed by atoms with Gasteiger partial charge in [0.15, 0.2) is 0 Å². The molecule has 7 heteroatoms. The van der Waals surface area contributed by atoms with Gasteiger partial charge in [0.05, 0.1) is 13.1 Å². The molecule has 0 bridgehead atoms. The number of hydrogen-bond acceptors (Lipinski definition) is 5. The van der Waals surface area contributed by atoms with Crippen molar-refractivity contribution in [3.8, 4) is 0 Å². The van der Waals surface area contributed by atoms with Crippen LogP contribution in [0.25, 0.3) is 0 Å². The van der Waals surface area contributed by atoms with Crippen LogP contribution in [0.5, 0.6) is 0 Å². The minimum Gasteiger partial charge on any atom is -0.350 e. The van der Waals surface area contributed by atoms with Crippen molar-refractivity contribution in [1.82, 2.24) is 29.9 Å². The average molecular weight is 348 g/mol. The van der Waals surface area contributed by atoms with Gasteiger partial charge in [-0.2, -0.15) is 0 Å². The maximum atomic E-state index is 12.1. The van der Waals surface area contributed by atoms with E-state index in [9.17, 15) is 4.79 Å². The zero-order valence-corrected chi connectivity index (χ0v) is 15.9. The molecule has 1 amide bonds. The van der Waals surface area contributed by atoms with Crippen molar-refractivity contribution < 1.29 is 4.79 Å². The van der Waals surface area contributed by atoms with Crippen molar-refractivity contribution in [1.29, 1.82) is 0 Å². The summed E-state index contributed by atoms with van der Waals surface area (Å²) in [6.07, 6.45) is 4.81. The van der Waals surface area contributed by atoms with Crippen LogP contribution in [0, 0.1) is 0 Å². The second-order valence-electron chi connectivity index (χ2n) is 8.35. The molecule has 1 fully saturated rings. The van der Waals surface area contributed by atoms with Gasteiger partial charge in [-0.15, -0.1) is 10.2 Å². The van der Waals surface area contributed by atoms with E-state index in [-0.39, 0.29) is 11.4 Å². The molecule has 0 aliphatic carbocycles. The number of fused-ring (bicyclic) bond motifs is 1. The maximum Gasteiger partial charge on any atom is 0.234 e. The molecule has 25 heavy (non-hydrogen) atoms. The predicted molar refractivity (Wildman–Crippen MR) is 97.2 cm³/mol. The smallest absolute Gasteiger partial charge is 0.234 e. The zero-order valence-electron chi connectivity index (χ0n) is 15.9. The molecule has 2 aliphatic heterocycles. The SMILES string of the molecule is CC(C)(C)NC(=O)CN1CCN(Cc2nnc3n2CCCCC3)CC1. The molecule has 1 aromatic heterocycles. The number of nitrogens with zero attached hydrogens (tertiary/aromatic N) is 5. The van der Waals surface area contributed by atoms with Crippen molar-refractivity contribution in [2.45, 2.75) is 65.1 Å². The first-order valence-electron chi connectivity index (χ1n) is 9.57. The molecular weight excluding hydrogens is 316 g/mol. The molecule has 7 nitrogen and oxygen atoms in total. The summed E-state index contributed by atoms with van der Waals surface area (Å²) in [5.74, 6) is 2.38. The van der Waals surface area contributed by atoms with Crippen LogP contribution < -0.4 is 5.32 Å². The fourth-order valence-corrected chi connectivity index (χ4v) is 3.63. The standard InChI is InChI=1S/C18H32N6O/c1-18(2,3)19-17(25)14-23-11-9-22(10-12-23)13-16-21-20-15-7-5-4-6-8-24(15)16/h4-14H2,1-3H3,(H,19,25). The van der Waals surface area contributed by atoms with Crippen molar-refractivity contribution in [3.05, 3.63) is 11.6 Å². The Labute approximate surface area is 150 Å². The van der Waals surface area contributed by atoms with E-state index in [2.05, 4.69) is 29.9 Å². The Kier molecular flexibility index (Phi) is 5.74. The molecule has 1 aromatic rings. The predicted octanol–water partition coefficient (Wildman–Crippen LogP) is 1.04. The Balaban J connectivity index is 1.47. The summed E-state index contributed by atoms with van der Waals surface area (Å²) in [6, 6.07) is 0. The number of amides is 1. The van der Waals surface area contributed by atoms with Crippen LogP contribution >= 0.6 is 0 Å². The first-order valence-corrected chi connectivity index (χ1v) is 9.57. The first kappa shape index (κ1) is 18.3. The molecule has 1 N–H and O–H groups in total. The molecule has 0 saturated carbocycles. The number of rotatable bonds is 4. The molecule has 3 heterocycles. The lowest BCUT2D eigenvalue weighted by Gasteiger charge is -2.34. The van der Waals surface area contributed by atoms with Gasteiger partial charge < -0.3 is 9.88 Å². The van der Waals surface area contributed by atoms with Crippen LogP contribution in [0.2, 0.25) is 0 Å². The molecule has 140 valence electrons. The van der Waals surface area contributed by atoms with Crippen LogP contribution in [0.15, 0.2) is 0 Å². The lowest BCUT2D eigenvalue weighted by molar-refractivity contribution is -0.124. The quantitative estimate of drug-likeness (QED) is 0.881. The minimum absolute atomic E-state index is 0.115.